The Labute approximate surface area is 134 Å². The van der Waals surface area contributed by atoms with Crippen molar-refractivity contribution in [3.05, 3.63) is 0 Å². The number of carbonyl (C=O) groups excluding carboxylic acids is 1. The van der Waals surface area contributed by atoms with Crippen LogP contribution in [0, 0.1) is 28.6 Å². The molecule has 0 aliphatic heterocycles. The summed E-state index contributed by atoms with van der Waals surface area (Å²) in [6.07, 6.45) is 10.0. The second-order valence-electron chi connectivity index (χ2n) is 8.97. The van der Waals surface area contributed by atoms with Crippen LogP contribution in [0.3, 0.4) is 0 Å². The Morgan fingerprint density at radius 3 is 2.14 bits per heavy atom. The van der Waals surface area contributed by atoms with E-state index in [0.29, 0.717) is 11.3 Å². The maximum absolute atomic E-state index is 12.4. The van der Waals surface area contributed by atoms with Crippen LogP contribution in [-0.2, 0) is 4.79 Å². The molecule has 4 aliphatic carbocycles. The third-order valence-electron chi connectivity index (χ3n) is 6.24. The average Bonchev–Trinajstić information content (AvgIpc) is 2.34. The minimum Gasteiger partial charge on any atom is -0.356 e. The lowest BCUT2D eigenvalue weighted by Gasteiger charge is -2.56. The fourth-order valence-electron chi connectivity index (χ4n) is 5.59. The Balaban J connectivity index is 1.53. The van der Waals surface area contributed by atoms with Gasteiger partial charge in [-0.25, -0.2) is 0 Å². The average molecular weight is 312 g/mol. The van der Waals surface area contributed by atoms with Crippen molar-refractivity contribution in [3.63, 3.8) is 0 Å². The molecule has 2 nitrogen and oxygen atoms in total. The zero-order valence-electron chi connectivity index (χ0n) is 13.6. The normalized spacial score (nSPS) is 37.8. The Morgan fingerprint density at radius 1 is 1.14 bits per heavy atom. The van der Waals surface area contributed by atoms with E-state index in [2.05, 4.69) is 19.2 Å². The van der Waals surface area contributed by atoms with Gasteiger partial charge in [0.05, 0.1) is 0 Å². The Morgan fingerprint density at radius 2 is 1.67 bits per heavy atom. The summed E-state index contributed by atoms with van der Waals surface area (Å²) in [7, 11) is 0. The molecule has 0 atom stereocenters. The Kier molecular flexibility index (Phi) is 4.29. The van der Waals surface area contributed by atoms with Gasteiger partial charge in [-0.3, -0.25) is 4.79 Å². The first-order valence-corrected chi connectivity index (χ1v) is 9.26. The van der Waals surface area contributed by atoms with E-state index in [1.807, 2.05) is 0 Å². The summed E-state index contributed by atoms with van der Waals surface area (Å²) in [5, 5.41) is 3.19. The largest absolute Gasteiger partial charge is 0.356 e. The van der Waals surface area contributed by atoms with E-state index >= 15 is 0 Å². The van der Waals surface area contributed by atoms with E-state index in [0.717, 1.165) is 37.1 Å². The molecule has 0 aromatic rings. The minimum atomic E-state index is 0.110. The molecule has 21 heavy (non-hydrogen) atoms. The summed E-state index contributed by atoms with van der Waals surface area (Å²) in [6, 6.07) is 0. The molecule has 1 N–H and O–H groups in total. The third kappa shape index (κ3) is 3.57. The topological polar surface area (TPSA) is 29.1 Å². The van der Waals surface area contributed by atoms with E-state index in [-0.39, 0.29) is 11.3 Å². The van der Waals surface area contributed by atoms with Gasteiger partial charge in [-0.2, -0.15) is 0 Å². The van der Waals surface area contributed by atoms with Gasteiger partial charge in [0.15, 0.2) is 0 Å². The van der Waals surface area contributed by atoms with Crippen LogP contribution in [0.25, 0.3) is 0 Å². The summed E-state index contributed by atoms with van der Waals surface area (Å²) in [6.45, 7) is 5.12. The van der Waals surface area contributed by atoms with E-state index in [1.165, 1.54) is 38.5 Å². The molecule has 0 radical (unpaired) electrons. The first-order valence-electron chi connectivity index (χ1n) is 8.72. The number of amides is 1. The standard InChI is InChI=1S/C18H30ClNO/c1-17(2,3-4-19)12-20-16(21)11-18-8-13-5-14(9-18)7-15(6-13)10-18/h13-15H,3-12H2,1-2H3,(H,20,21). The zero-order valence-corrected chi connectivity index (χ0v) is 14.3. The van der Waals surface area contributed by atoms with E-state index in [1.54, 1.807) is 0 Å². The van der Waals surface area contributed by atoms with Gasteiger partial charge in [0.1, 0.15) is 0 Å². The second kappa shape index (κ2) is 5.76. The zero-order chi connectivity index (χ0) is 15.1. The maximum Gasteiger partial charge on any atom is 0.220 e. The van der Waals surface area contributed by atoms with Crippen molar-refractivity contribution in [2.75, 3.05) is 12.4 Å². The number of hydrogen-bond donors (Lipinski definition) is 1. The summed E-state index contributed by atoms with van der Waals surface area (Å²) in [5.74, 6) is 3.72. The summed E-state index contributed by atoms with van der Waals surface area (Å²) in [4.78, 5) is 12.4. The number of nitrogens with one attached hydrogen (secondary N) is 1. The van der Waals surface area contributed by atoms with Gasteiger partial charge in [-0.05, 0) is 73.5 Å². The molecule has 4 bridgehead atoms. The van der Waals surface area contributed by atoms with Crippen molar-refractivity contribution in [1.82, 2.24) is 5.32 Å². The molecular formula is C18H30ClNO. The summed E-state index contributed by atoms with van der Waals surface area (Å²) < 4.78 is 0. The monoisotopic (exact) mass is 311 g/mol. The lowest BCUT2D eigenvalue weighted by molar-refractivity contribution is -0.129. The fraction of sp³-hybridized carbons (Fsp3) is 0.944. The molecule has 0 aromatic carbocycles. The van der Waals surface area contributed by atoms with Crippen LogP contribution in [0.1, 0.15) is 65.2 Å². The molecule has 4 aliphatic rings. The number of rotatable bonds is 6. The van der Waals surface area contributed by atoms with Gasteiger partial charge >= 0.3 is 0 Å². The fourth-order valence-corrected chi connectivity index (χ4v) is 6.10. The number of carbonyl (C=O) groups is 1. The highest BCUT2D eigenvalue weighted by Crippen LogP contribution is 2.61. The highest BCUT2D eigenvalue weighted by molar-refractivity contribution is 6.17. The predicted molar refractivity (Wildman–Crippen MR) is 87.3 cm³/mol. The molecule has 1 amide bonds. The Hall–Kier alpha value is -0.240. The van der Waals surface area contributed by atoms with Gasteiger partial charge in [0, 0.05) is 18.8 Å². The molecular weight excluding hydrogens is 282 g/mol. The molecule has 4 rings (SSSR count). The van der Waals surface area contributed by atoms with E-state index in [9.17, 15) is 4.79 Å². The molecule has 120 valence electrons. The maximum atomic E-state index is 12.4. The van der Waals surface area contributed by atoms with Gasteiger partial charge in [0.25, 0.3) is 0 Å². The van der Waals surface area contributed by atoms with Gasteiger partial charge < -0.3 is 5.32 Å². The van der Waals surface area contributed by atoms with E-state index in [4.69, 9.17) is 11.6 Å². The first-order chi connectivity index (χ1) is 9.90. The number of alkyl halides is 1. The molecule has 0 saturated heterocycles. The number of hydrogen-bond acceptors (Lipinski definition) is 1. The molecule has 0 spiro atoms. The molecule has 4 saturated carbocycles. The molecule has 4 fully saturated rings. The summed E-state index contributed by atoms with van der Waals surface area (Å²) >= 11 is 5.83. The minimum absolute atomic E-state index is 0.110. The van der Waals surface area contributed by atoms with Crippen molar-refractivity contribution in [2.45, 2.75) is 65.2 Å². The van der Waals surface area contributed by atoms with Crippen molar-refractivity contribution >= 4 is 17.5 Å². The van der Waals surface area contributed by atoms with Crippen LogP contribution < -0.4 is 5.32 Å². The van der Waals surface area contributed by atoms with Crippen LogP contribution in [0.15, 0.2) is 0 Å². The molecule has 0 unspecified atom stereocenters. The second-order valence-corrected chi connectivity index (χ2v) is 9.35. The quantitative estimate of drug-likeness (QED) is 0.725. The van der Waals surface area contributed by atoms with Gasteiger partial charge in [-0.1, -0.05) is 13.8 Å². The molecule has 0 heterocycles. The van der Waals surface area contributed by atoms with Crippen molar-refractivity contribution in [1.29, 1.82) is 0 Å². The number of halogens is 1. The van der Waals surface area contributed by atoms with Crippen LogP contribution in [0.5, 0.6) is 0 Å². The summed E-state index contributed by atoms with van der Waals surface area (Å²) in [5.41, 5.74) is 0.467. The first kappa shape index (κ1) is 15.6. The lowest BCUT2D eigenvalue weighted by Crippen LogP contribution is -2.48. The van der Waals surface area contributed by atoms with Gasteiger partial charge in [0.2, 0.25) is 5.91 Å². The van der Waals surface area contributed by atoms with Gasteiger partial charge in [-0.15, -0.1) is 11.6 Å². The van der Waals surface area contributed by atoms with Crippen molar-refractivity contribution in [2.24, 2.45) is 28.6 Å². The molecule has 0 aromatic heterocycles. The van der Waals surface area contributed by atoms with E-state index < -0.39 is 0 Å². The SMILES string of the molecule is CC(C)(CCCl)CNC(=O)CC12CC3CC(CC(C3)C1)C2. The third-order valence-corrected chi connectivity index (χ3v) is 6.42. The Bertz CT molecular complexity index is 369. The van der Waals surface area contributed by atoms with Crippen LogP contribution >= 0.6 is 11.6 Å². The highest BCUT2D eigenvalue weighted by atomic mass is 35.5. The lowest BCUT2D eigenvalue weighted by atomic mass is 9.49. The van der Waals surface area contributed by atoms with Crippen molar-refractivity contribution in [3.8, 4) is 0 Å². The predicted octanol–water partition coefficient (Wildman–Crippen LogP) is 4.36. The van der Waals surface area contributed by atoms with Crippen LogP contribution in [-0.4, -0.2) is 18.3 Å². The molecule has 3 heteroatoms. The van der Waals surface area contributed by atoms with Crippen LogP contribution in [0.2, 0.25) is 0 Å². The highest BCUT2D eigenvalue weighted by Gasteiger charge is 2.51. The van der Waals surface area contributed by atoms with Crippen molar-refractivity contribution < 1.29 is 4.79 Å². The van der Waals surface area contributed by atoms with Crippen LogP contribution in [0.4, 0.5) is 0 Å². The smallest absolute Gasteiger partial charge is 0.220 e.